The first kappa shape index (κ1) is 28.9. The van der Waals surface area contributed by atoms with Gasteiger partial charge in [-0.1, -0.05) is 42.1 Å². The number of ether oxygens (including phenoxy) is 2. The molecule has 4 rings (SSSR count). The third-order valence-electron chi connectivity index (χ3n) is 6.05. The lowest BCUT2D eigenvalue weighted by molar-refractivity contribution is -0.303. The molecule has 12 heteroatoms. The van der Waals surface area contributed by atoms with E-state index in [2.05, 4.69) is 36.7 Å². The van der Waals surface area contributed by atoms with E-state index in [4.69, 9.17) is 10.5 Å². The number of aliphatic imine (C=N–C) groups is 2. The summed E-state index contributed by atoms with van der Waals surface area (Å²) >= 11 is 1.66. The van der Waals surface area contributed by atoms with Gasteiger partial charge in [0.25, 0.3) is 0 Å². The van der Waals surface area contributed by atoms with Crippen LogP contribution in [0.3, 0.4) is 0 Å². The van der Waals surface area contributed by atoms with Gasteiger partial charge in [-0.3, -0.25) is 4.99 Å². The van der Waals surface area contributed by atoms with Crippen LogP contribution in [-0.4, -0.2) is 54.9 Å². The highest BCUT2D eigenvalue weighted by Crippen LogP contribution is 2.34. The minimum Gasteiger partial charge on any atom is -0.497 e. The number of benzene rings is 2. The lowest BCUT2D eigenvalue weighted by Gasteiger charge is -2.24. The molecule has 210 valence electrons. The standard InChI is InChI=1S/C28H29F3N6O2S/c1-18-14-24(38-3)12-13-25(18)37-19(2)16-40-27(37)36-35-15-20-4-6-21(7-5-20)26(32)34-17-33-22-8-10-23(11-9-22)39-28(29,30)31/h4-8,10-15,17,19,22H,9,16H2,1-3H3,(H2,32,33,34)/b35-15-,36-27+. The Balaban J connectivity index is 1.35. The Morgan fingerprint density at radius 3 is 2.60 bits per heavy atom. The van der Waals surface area contributed by atoms with Gasteiger partial charge in [-0.2, -0.15) is 5.10 Å². The summed E-state index contributed by atoms with van der Waals surface area (Å²) in [6.45, 7) is 4.21. The first-order valence-electron chi connectivity index (χ1n) is 12.4. The fraction of sp³-hybridized carbons (Fsp3) is 0.286. The smallest absolute Gasteiger partial charge is 0.497 e. The Kier molecular flexibility index (Phi) is 9.30. The lowest BCUT2D eigenvalue weighted by Crippen LogP contribution is -2.32. The second kappa shape index (κ2) is 12.9. The predicted molar refractivity (Wildman–Crippen MR) is 156 cm³/mol. The predicted octanol–water partition coefficient (Wildman–Crippen LogP) is 5.82. The maximum atomic E-state index is 12.3. The van der Waals surface area contributed by atoms with Crippen molar-refractivity contribution in [3.63, 3.8) is 0 Å². The highest BCUT2D eigenvalue weighted by Gasteiger charge is 2.32. The van der Waals surface area contributed by atoms with Gasteiger partial charge in [-0.05, 0) is 61.7 Å². The fourth-order valence-corrected chi connectivity index (χ4v) is 5.08. The van der Waals surface area contributed by atoms with Crippen LogP contribution in [0.15, 0.2) is 86.6 Å². The molecule has 0 saturated carbocycles. The van der Waals surface area contributed by atoms with E-state index in [1.807, 2.05) is 49.4 Å². The van der Waals surface area contributed by atoms with Crippen molar-refractivity contribution in [1.29, 1.82) is 0 Å². The summed E-state index contributed by atoms with van der Waals surface area (Å²) in [7, 11) is 1.65. The van der Waals surface area contributed by atoms with E-state index in [0.29, 0.717) is 5.56 Å². The number of alkyl halides is 3. The zero-order valence-electron chi connectivity index (χ0n) is 22.2. The van der Waals surface area contributed by atoms with Gasteiger partial charge >= 0.3 is 6.36 Å². The lowest BCUT2D eigenvalue weighted by atomic mass is 10.1. The summed E-state index contributed by atoms with van der Waals surface area (Å²) in [5.41, 5.74) is 9.77. The molecule has 2 aromatic rings. The van der Waals surface area contributed by atoms with Crippen molar-refractivity contribution >= 4 is 41.0 Å². The quantitative estimate of drug-likeness (QED) is 0.245. The highest BCUT2D eigenvalue weighted by molar-refractivity contribution is 8.14. The maximum Gasteiger partial charge on any atom is 0.573 e. The van der Waals surface area contributed by atoms with E-state index in [1.54, 1.807) is 25.1 Å². The van der Waals surface area contributed by atoms with Gasteiger partial charge < -0.3 is 20.1 Å². The van der Waals surface area contributed by atoms with Crippen LogP contribution in [0.25, 0.3) is 0 Å². The molecule has 1 saturated heterocycles. The number of methoxy groups -OCH3 is 1. The second-order valence-electron chi connectivity index (χ2n) is 9.03. The SMILES string of the molecule is COc1ccc(N2/C(=N\N=C/c3ccc(C(N)=NC=NC4C=CC(OC(F)(F)F)=CC4)cc3)SCC2C)c(C)c1. The minimum absolute atomic E-state index is 0.252. The number of anilines is 1. The van der Waals surface area contributed by atoms with Crippen molar-refractivity contribution in [2.45, 2.75) is 38.7 Å². The normalized spacial score (nSPS) is 21.1. The number of nitrogens with two attached hydrogens (primary N) is 1. The number of thioether (sulfide) groups is 1. The highest BCUT2D eigenvalue weighted by atomic mass is 32.2. The zero-order chi connectivity index (χ0) is 28.7. The molecule has 0 spiro atoms. The van der Waals surface area contributed by atoms with E-state index in [9.17, 15) is 13.2 Å². The van der Waals surface area contributed by atoms with Crippen molar-refractivity contribution in [3.05, 3.63) is 83.1 Å². The summed E-state index contributed by atoms with van der Waals surface area (Å²) in [6, 6.07) is 13.2. The summed E-state index contributed by atoms with van der Waals surface area (Å²) in [5.74, 6) is 1.73. The molecule has 2 atom stereocenters. The van der Waals surface area contributed by atoms with E-state index in [0.717, 1.165) is 33.5 Å². The summed E-state index contributed by atoms with van der Waals surface area (Å²) in [6.07, 6.45) is 2.61. The van der Waals surface area contributed by atoms with Crippen LogP contribution in [0.5, 0.6) is 5.75 Å². The van der Waals surface area contributed by atoms with Crippen molar-refractivity contribution < 1.29 is 22.6 Å². The van der Waals surface area contributed by atoms with Crippen LogP contribution in [0.4, 0.5) is 18.9 Å². The van der Waals surface area contributed by atoms with E-state index < -0.39 is 6.36 Å². The van der Waals surface area contributed by atoms with Crippen LogP contribution in [-0.2, 0) is 4.74 Å². The van der Waals surface area contributed by atoms with Gasteiger partial charge in [0, 0.05) is 23.0 Å². The molecule has 0 radical (unpaired) electrons. The average Bonchev–Trinajstić information content (AvgIpc) is 3.28. The molecule has 1 aliphatic carbocycles. The number of rotatable bonds is 8. The molecule has 8 nitrogen and oxygen atoms in total. The van der Waals surface area contributed by atoms with Gasteiger partial charge in [0.05, 0.1) is 19.4 Å². The molecule has 0 amide bonds. The molecule has 40 heavy (non-hydrogen) atoms. The van der Waals surface area contributed by atoms with Crippen molar-refractivity contribution in [3.8, 4) is 5.75 Å². The van der Waals surface area contributed by atoms with Crippen LogP contribution in [0.2, 0.25) is 0 Å². The molecule has 1 aliphatic heterocycles. The molecular weight excluding hydrogens is 541 g/mol. The van der Waals surface area contributed by atoms with Crippen molar-refractivity contribution in [1.82, 2.24) is 0 Å². The van der Waals surface area contributed by atoms with E-state index in [1.165, 1.54) is 24.6 Å². The monoisotopic (exact) mass is 570 g/mol. The maximum absolute atomic E-state index is 12.3. The second-order valence-corrected chi connectivity index (χ2v) is 10.0. The molecule has 2 aromatic carbocycles. The first-order chi connectivity index (χ1) is 19.1. The molecule has 2 N–H and O–H groups in total. The molecule has 0 aromatic heterocycles. The summed E-state index contributed by atoms with van der Waals surface area (Å²) < 4.78 is 46.0. The summed E-state index contributed by atoms with van der Waals surface area (Å²) in [5, 5.41) is 9.62. The van der Waals surface area contributed by atoms with Gasteiger partial charge in [0.1, 0.15) is 23.7 Å². The van der Waals surface area contributed by atoms with E-state index >= 15 is 0 Å². The number of nitrogens with zero attached hydrogens (tertiary/aromatic N) is 5. The van der Waals surface area contributed by atoms with Crippen LogP contribution in [0, 0.1) is 6.92 Å². The molecule has 0 bridgehead atoms. The Morgan fingerprint density at radius 2 is 1.95 bits per heavy atom. The third-order valence-corrected chi connectivity index (χ3v) is 7.24. The van der Waals surface area contributed by atoms with E-state index in [-0.39, 0.29) is 30.1 Å². The Hall–Kier alpha value is -4.06. The van der Waals surface area contributed by atoms with Gasteiger partial charge in [0.15, 0.2) is 5.17 Å². The molecule has 2 aliphatic rings. The average molecular weight is 571 g/mol. The van der Waals surface area contributed by atoms with Gasteiger partial charge in [0.2, 0.25) is 0 Å². The molecule has 2 unspecified atom stereocenters. The fourth-order valence-electron chi connectivity index (χ4n) is 4.02. The number of halogens is 3. The van der Waals surface area contributed by atoms with Gasteiger partial charge in [-0.15, -0.1) is 18.3 Å². The third kappa shape index (κ3) is 7.75. The zero-order valence-corrected chi connectivity index (χ0v) is 23.0. The topological polar surface area (TPSA) is 97.2 Å². The number of amidine groups is 2. The Bertz CT molecular complexity index is 1380. The van der Waals surface area contributed by atoms with Crippen molar-refractivity contribution in [2.75, 3.05) is 17.8 Å². The number of allylic oxidation sites excluding steroid dienone is 1. The molecule has 1 fully saturated rings. The van der Waals surface area contributed by atoms with Crippen LogP contribution >= 0.6 is 11.8 Å². The Morgan fingerprint density at radius 1 is 1.18 bits per heavy atom. The van der Waals surface area contributed by atoms with Crippen LogP contribution < -0.4 is 15.4 Å². The van der Waals surface area contributed by atoms with Crippen molar-refractivity contribution in [2.24, 2.45) is 25.9 Å². The van der Waals surface area contributed by atoms with Crippen LogP contribution in [0.1, 0.15) is 30.0 Å². The number of hydrogen-bond donors (Lipinski definition) is 1. The first-order valence-corrected chi connectivity index (χ1v) is 13.4. The summed E-state index contributed by atoms with van der Waals surface area (Å²) in [4.78, 5) is 10.5. The molecule has 1 heterocycles. The largest absolute Gasteiger partial charge is 0.573 e. The Labute approximate surface area is 234 Å². The van der Waals surface area contributed by atoms with Gasteiger partial charge in [-0.25, -0.2) is 4.99 Å². The number of hydrogen-bond acceptors (Lipinski definition) is 6. The molecular formula is C28H29F3N6O2S. The number of aryl methyl sites for hydroxylation is 1. The minimum atomic E-state index is -4.72.